The molecule has 1 nitrogen and oxygen atoms in total. The predicted octanol–water partition coefficient (Wildman–Crippen LogP) is 5.75. The molecule has 0 saturated carbocycles. The molecular formula is C19H27NS. The van der Waals surface area contributed by atoms with Gasteiger partial charge in [0.25, 0.3) is 0 Å². The Balaban J connectivity index is 2.16. The van der Waals surface area contributed by atoms with Gasteiger partial charge in [-0.2, -0.15) is 0 Å². The average Bonchev–Trinajstić information content (AvgIpc) is 3.02. The zero-order chi connectivity index (χ0) is 15.2. The van der Waals surface area contributed by atoms with Crippen molar-refractivity contribution in [3.05, 3.63) is 57.8 Å². The summed E-state index contributed by atoms with van der Waals surface area (Å²) in [7, 11) is 0. The van der Waals surface area contributed by atoms with Gasteiger partial charge < -0.3 is 5.32 Å². The third-order valence-corrected chi connectivity index (χ3v) is 5.05. The van der Waals surface area contributed by atoms with Crippen molar-refractivity contribution in [1.82, 2.24) is 5.32 Å². The van der Waals surface area contributed by atoms with Gasteiger partial charge in [0, 0.05) is 17.0 Å². The van der Waals surface area contributed by atoms with E-state index in [0.717, 1.165) is 12.8 Å². The van der Waals surface area contributed by atoms with Crippen molar-refractivity contribution in [3.8, 4) is 0 Å². The van der Waals surface area contributed by atoms with Crippen LogP contribution in [0.1, 0.15) is 62.2 Å². The van der Waals surface area contributed by atoms with Gasteiger partial charge in [-0.25, -0.2) is 0 Å². The van der Waals surface area contributed by atoms with Crippen LogP contribution in [0.3, 0.4) is 0 Å². The first-order valence-electron chi connectivity index (χ1n) is 8.04. The molecular weight excluding hydrogens is 274 g/mol. The van der Waals surface area contributed by atoms with Crippen LogP contribution in [-0.4, -0.2) is 0 Å². The van der Waals surface area contributed by atoms with Crippen LogP contribution >= 0.6 is 11.3 Å². The van der Waals surface area contributed by atoms with Crippen LogP contribution in [-0.2, 0) is 6.42 Å². The van der Waals surface area contributed by atoms with E-state index in [1.54, 1.807) is 0 Å². The zero-order valence-electron chi connectivity index (χ0n) is 13.6. The molecule has 2 rings (SSSR count). The van der Waals surface area contributed by atoms with Crippen LogP contribution in [0.5, 0.6) is 0 Å². The van der Waals surface area contributed by atoms with Crippen molar-refractivity contribution in [2.24, 2.45) is 5.92 Å². The number of aryl methyl sites for hydroxylation is 1. The molecule has 2 heteroatoms. The molecule has 0 spiro atoms. The summed E-state index contributed by atoms with van der Waals surface area (Å²) in [5, 5.41) is 6.04. The smallest absolute Gasteiger partial charge is 0.0442 e. The van der Waals surface area contributed by atoms with E-state index in [-0.39, 0.29) is 0 Å². The Labute approximate surface area is 133 Å². The van der Waals surface area contributed by atoms with E-state index in [4.69, 9.17) is 0 Å². The minimum absolute atomic E-state index is 0.422. The number of hydrogen-bond donors (Lipinski definition) is 1. The molecule has 114 valence electrons. The molecule has 0 amide bonds. The molecule has 2 aromatic rings. The molecule has 1 heterocycles. The summed E-state index contributed by atoms with van der Waals surface area (Å²) in [6.07, 6.45) is 2.22. The Kier molecular flexibility index (Phi) is 6.01. The Bertz CT molecular complexity index is 513. The van der Waals surface area contributed by atoms with Gasteiger partial charge in [0.05, 0.1) is 0 Å². The molecule has 0 radical (unpaired) electrons. The van der Waals surface area contributed by atoms with Crippen LogP contribution in [0.4, 0.5) is 0 Å². The maximum atomic E-state index is 3.87. The molecule has 2 unspecified atom stereocenters. The molecule has 1 N–H and O–H groups in total. The molecule has 0 fully saturated rings. The fourth-order valence-electron chi connectivity index (χ4n) is 2.72. The third kappa shape index (κ3) is 4.18. The fraction of sp³-hybridized carbons (Fsp3) is 0.474. The van der Waals surface area contributed by atoms with Crippen molar-refractivity contribution < 1.29 is 0 Å². The quantitative estimate of drug-likeness (QED) is 0.686. The second kappa shape index (κ2) is 7.77. The highest BCUT2D eigenvalue weighted by Gasteiger charge is 2.20. The van der Waals surface area contributed by atoms with E-state index in [0.29, 0.717) is 18.0 Å². The molecule has 0 aliphatic carbocycles. The maximum Gasteiger partial charge on any atom is 0.0442 e. The first kappa shape index (κ1) is 16.3. The second-order valence-electron chi connectivity index (χ2n) is 5.96. The third-order valence-electron chi connectivity index (χ3n) is 4.10. The van der Waals surface area contributed by atoms with E-state index in [2.05, 4.69) is 74.8 Å². The zero-order valence-corrected chi connectivity index (χ0v) is 14.4. The van der Waals surface area contributed by atoms with Gasteiger partial charge in [-0.3, -0.25) is 0 Å². The molecule has 0 saturated heterocycles. The SMILES string of the molecule is CCc1ccc(C(CC)NC(c2cccs2)C(C)C)cc1. The molecule has 21 heavy (non-hydrogen) atoms. The summed E-state index contributed by atoms with van der Waals surface area (Å²) in [5.41, 5.74) is 2.81. The van der Waals surface area contributed by atoms with Gasteiger partial charge in [0.2, 0.25) is 0 Å². The molecule has 0 bridgehead atoms. The summed E-state index contributed by atoms with van der Waals surface area (Å²) < 4.78 is 0. The van der Waals surface area contributed by atoms with Crippen LogP contribution in [0, 0.1) is 5.92 Å². The Morgan fingerprint density at radius 3 is 2.24 bits per heavy atom. The highest BCUT2D eigenvalue weighted by Crippen LogP contribution is 2.30. The molecule has 1 aromatic heterocycles. The van der Waals surface area contributed by atoms with Crippen LogP contribution in [0.15, 0.2) is 41.8 Å². The van der Waals surface area contributed by atoms with Gasteiger partial charge >= 0.3 is 0 Å². The van der Waals surface area contributed by atoms with Crippen molar-refractivity contribution >= 4 is 11.3 Å². The minimum atomic E-state index is 0.422. The van der Waals surface area contributed by atoms with Crippen molar-refractivity contribution in [1.29, 1.82) is 0 Å². The molecule has 1 aromatic carbocycles. The summed E-state index contributed by atoms with van der Waals surface area (Å²) >= 11 is 1.85. The monoisotopic (exact) mass is 301 g/mol. The highest BCUT2D eigenvalue weighted by atomic mass is 32.1. The summed E-state index contributed by atoms with van der Waals surface area (Å²) in [6, 6.07) is 14.3. The summed E-state index contributed by atoms with van der Waals surface area (Å²) in [6.45, 7) is 9.06. The van der Waals surface area contributed by atoms with Gasteiger partial charge in [-0.1, -0.05) is 58.0 Å². The lowest BCUT2D eigenvalue weighted by molar-refractivity contribution is 0.361. The largest absolute Gasteiger partial charge is 0.302 e. The van der Waals surface area contributed by atoms with Crippen LogP contribution in [0.25, 0.3) is 0 Å². The lowest BCUT2D eigenvalue weighted by Crippen LogP contribution is -2.29. The number of hydrogen-bond acceptors (Lipinski definition) is 2. The molecule has 0 aliphatic rings. The van der Waals surface area contributed by atoms with Gasteiger partial charge in [0.15, 0.2) is 0 Å². The Hall–Kier alpha value is -1.12. The molecule has 0 aliphatic heterocycles. The highest BCUT2D eigenvalue weighted by molar-refractivity contribution is 7.10. The second-order valence-corrected chi connectivity index (χ2v) is 6.94. The topological polar surface area (TPSA) is 12.0 Å². The van der Waals surface area contributed by atoms with E-state index in [9.17, 15) is 0 Å². The Morgan fingerprint density at radius 2 is 1.76 bits per heavy atom. The average molecular weight is 301 g/mol. The van der Waals surface area contributed by atoms with E-state index >= 15 is 0 Å². The van der Waals surface area contributed by atoms with Crippen molar-refractivity contribution in [2.45, 2.75) is 52.6 Å². The molecule has 2 atom stereocenters. The first-order chi connectivity index (χ1) is 10.2. The lowest BCUT2D eigenvalue weighted by atomic mass is 9.97. The summed E-state index contributed by atoms with van der Waals surface area (Å²) in [5.74, 6) is 0.590. The summed E-state index contributed by atoms with van der Waals surface area (Å²) in [4.78, 5) is 1.44. The predicted molar refractivity (Wildman–Crippen MR) is 93.9 cm³/mol. The number of rotatable bonds is 7. The normalized spacial score (nSPS) is 14.3. The van der Waals surface area contributed by atoms with E-state index in [1.165, 1.54) is 16.0 Å². The van der Waals surface area contributed by atoms with Gasteiger partial charge in [-0.15, -0.1) is 11.3 Å². The van der Waals surface area contributed by atoms with Crippen molar-refractivity contribution in [3.63, 3.8) is 0 Å². The van der Waals surface area contributed by atoms with Crippen molar-refractivity contribution in [2.75, 3.05) is 0 Å². The number of nitrogens with one attached hydrogen (secondary N) is 1. The van der Waals surface area contributed by atoms with E-state index < -0.39 is 0 Å². The first-order valence-corrected chi connectivity index (χ1v) is 8.91. The van der Waals surface area contributed by atoms with E-state index in [1.807, 2.05) is 11.3 Å². The fourth-order valence-corrected chi connectivity index (χ4v) is 3.68. The lowest BCUT2D eigenvalue weighted by Gasteiger charge is -2.27. The van der Waals surface area contributed by atoms with Gasteiger partial charge in [0.1, 0.15) is 0 Å². The number of thiophene rings is 1. The van der Waals surface area contributed by atoms with Crippen LogP contribution in [0.2, 0.25) is 0 Å². The minimum Gasteiger partial charge on any atom is -0.302 e. The van der Waals surface area contributed by atoms with Crippen LogP contribution < -0.4 is 5.32 Å². The Morgan fingerprint density at radius 1 is 1.05 bits per heavy atom. The maximum absolute atomic E-state index is 3.87. The van der Waals surface area contributed by atoms with Gasteiger partial charge in [-0.05, 0) is 41.3 Å². The number of benzene rings is 1. The standard InChI is InChI=1S/C19H27NS/c1-5-15-9-11-16(12-10-15)17(6-2)20-19(14(3)4)18-8-7-13-21-18/h7-14,17,19-20H,5-6H2,1-4H3.